The largest absolute Gasteiger partial charge is 0.478 e. The molecule has 5 nitrogen and oxygen atoms in total. The van der Waals surface area contributed by atoms with E-state index in [0.717, 1.165) is 12.8 Å². The average molecular weight is 297 g/mol. The third-order valence-electron chi connectivity index (χ3n) is 3.78. The minimum Gasteiger partial charge on any atom is -0.478 e. The summed E-state index contributed by atoms with van der Waals surface area (Å²) in [6.07, 6.45) is 3.35. The van der Waals surface area contributed by atoms with E-state index < -0.39 is 16.0 Å². The molecule has 0 amide bonds. The number of rotatable bonds is 6. The van der Waals surface area contributed by atoms with E-state index in [1.807, 2.05) is 6.92 Å². The van der Waals surface area contributed by atoms with Gasteiger partial charge in [0.2, 0.25) is 10.0 Å². The zero-order chi connectivity index (χ0) is 14.8. The maximum atomic E-state index is 12.5. The predicted octanol–water partition coefficient (Wildman–Crippen LogP) is 2.20. The average Bonchev–Trinajstić information content (AvgIpc) is 2.37. The lowest BCUT2D eigenvalue weighted by atomic mass is 9.85. The van der Waals surface area contributed by atoms with Crippen LogP contribution in [-0.2, 0) is 10.0 Å². The van der Waals surface area contributed by atoms with Gasteiger partial charge >= 0.3 is 5.97 Å². The first-order chi connectivity index (χ1) is 9.45. The van der Waals surface area contributed by atoms with Gasteiger partial charge in [-0.3, -0.25) is 0 Å². The molecule has 1 aliphatic carbocycles. The molecule has 1 fully saturated rings. The molecule has 1 saturated carbocycles. The van der Waals surface area contributed by atoms with Crippen LogP contribution < -0.4 is 0 Å². The van der Waals surface area contributed by atoms with Gasteiger partial charge in [-0.15, -0.1) is 0 Å². The lowest BCUT2D eigenvalue weighted by molar-refractivity contribution is 0.0696. The highest BCUT2D eigenvalue weighted by molar-refractivity contribution is 7.89. The molecule has 1 N–H and O–H groups in total. The monoisotopic (exact) mass is 297 g/mol. The van der Waals surface area contributed by atoms with Crippen molar-refractivity contribution in [1.82, 2.24) is 4.31 Å². The smallest absolute Gasteiger partial charge is 0.335 e. The Kier molecular flexibility index (Phi) is 4.45. The summed E-state index contributed by atoms with van der Waals surface area (Å²) in [6, 6.07) is 5.38. The molecule has 0 bridgehead atoms. The summed E-state index contributed by atoms with van der Waals surface area (Å²) in [4.78, 5) is 10.9. The molecule has 1 aromatic rings. The maximum absolute atomic E-state index is 12.5. The molecule has 0 aliphatic heterocycles. The Bertz CT molecular complexity index is 576. The molecule has 2 rings (SSSR count). The van der Waals surface area contributed by atoms with Gasteiger partial charge in [-0.1, -0.05) is 13.3 Å². The maximum Gasteiger partial charge on any atom is 0.335 e. The summed E-state index contributed by atoms with van der Waals surface area (Å²) in [5.41, 5.74) is 0.0889. The van der Waals surface area contributed by atoms with Crippen molar-refractivity contribution in [3.05, 3.63) is 29.8 Å². The molecule has 6 heteroatoms. The third-order valence-corrected chi connectivity index (χ3v) is 5.73. The Balaban J connectivity index is 2.20. The number of hydrogen-bond donors (Lipinski definition) is 1. The second kappa shape index (κ2) is 5.93. The lowest BCUT2D eigenvalue weighted by Crippen LogP contribution is -2.37. The second-order valence-corrected chi connectivity index (χ2v) is 7.02. The van der Waals surface area contributed by atoms with Gasteiger partial charge in [0.05, 0.1) is 10.5 Å². The number of hydrogen-bond acceptors (Lipinski definition) is 3. The zero-order valence-corrected chi connectivity index (χ0v) is 12.3. The molecule has 110 valence electrons. The first-order valence-electron chi connectivity index (χ1n) is 6.78. The van der Waals surface area contributed by atoms with Crippen molar-refractivity contribution in [2.75, 3.05) is 13.1 Å². The summed E-state index contributed by atoms with van der Waals surface area (Å²) in [5.74, 6) is -0.598. The van der Waals surface area contributed by atoms with Gasteiger partial charge in [0.25, 0.3) is 0 Å². The van der Waals surface area contributed by atoms with E-state index >= 15 is 0 Å². The number of benzene rings is 1. The Morgan fingerprint density at radius 2 is 1.90 bits per heavy atom. The fraction of sp³-hybridized carbons (Fsp3) is 0.500. The van der Waals surface area contributed by atoms with Crippen molar-refractivity contribution in [2.24, 2.45) is 5.92 Å². The quantitative estimate of drug-likeness (QED) is 0.873. The third kappa shape index (κ3) is 3.02. The number of nitrogens with zero attached hydrogens (tertiary/aromatic N) is 1. The molecule has 0 radical (unpaired) electrons. The molecule has 1 aromatic carbocycles. The minimum atomic E-state index is -3.52. The van der Waals surface area contributed by atoms with Crippen molar-refractivity contribution in [2.45, 2.75) is 31.1 Å². The molecule has 0 saturated heterocycles. The van der Waals surface area contributed by atoms with Crippen LogP contribution in [0, 0.1) is 5.92 Å². The fourth-order valence-electron chi connectivity index (χ4n) is 2.28. The Hall–Kier alpha value is -1.40. The molecular formula is C14H19NO4S. The van der Waals surface area contributed by atoms with Crippen LogP contribution in [0.15, 0.2) is 29.2 Å². The molecule has 0 spiro atoms. The Morgan fingerprint density at radius 1 is 1.30 bits per heavy atom. The van der Waals surface area contributed by atoms with E-state index in [2.05, 4.69) is 0 Å². The second-order valence-electron chi connectivity index (χ2n) is 5.08. The topological polar surface area (TPSA) is 74.7 Å². The summed E-state index contributed by atoms with van der Waals surface area (Å²) in [6.45, 7) is 2.81. The molecule has 0 unspecified atom stereocenters. The van der Waals surface area contributed by atoms with E-state index in [-0.39, 0.29) is 10.5 Å². The number of aromatic carboxylic acids is 1. The lowest BCUT2D eigenvalue weighted by Gasteiger charge is -2.31. The van der Waals surface area contributed by atoms with Gasteiger partial charge in [0.1, 0.15) is 0 Å². The summed E-state index contributed by atoms with van der Waals surface area (Å²) >= 11 is 0. The van der Waals surface area contributed by atoms with E-state index in [9.17, 15) is 13.2 Å². The summed E-state index contributed by atoms with van der Waals surface area (Å²) in [7, 11) is -3.52. The number of carbonyl (C=O) groups is 1. The SMILES string of the molecule is CCN(CC1CCC1)S(=O)(=O)c1ccc(C(=O)O)cc1. The summed E-state index contributed by atoms with van der Waals surface area (Å²) in [5, 5.41) is 8.83. The zero-order valence-electron chi connectivity index (χ0n) is 11.4. The van der Waals surface area contributed by atoms with Crippen LogP contribution in [0.25, 0.3) is 0 Å². The van der Waals surface area contributed by atoms with Gasteiger partial charge in [-0.2, -0.15) is 4.31 Å². The van der Waals surface area contributed by atoms with Crippen LogP contribution in [0.5, 0.6) is 0 Å². The van der Waals surface area contributed by atoms with Gasteiger partial charge in [-0.05, 0) is 43.0 Å². The van der Waals surface area contributed by atoms with E-state index in [4.69, 9.17) is 5.11 Å². The highest BCUT2D eigenvalue weighted by Crippen LogP contribution is 2.29. The highest BCUT2D eigenvalue weighted by atomic mass is 32.2. The number of carboxylic acid groups (broad SMARTS) is 1. The van der Waals surface area contributed by atoms with Crippen LogP contribution in [-0.4, -0.2) is 36.9 Å². The summed E-state index contributed by atoms with van der Waals surface area (Å²) < 4.78 is 26.5. The molecule has 0 aromatic heterocycles. The fourth-order valence-corrected chi connectivity index (χ4v) is 3.80. The minimum absolute atomic E-state index is 0.0889. The van der Waals surface area contributed by atoms with Crippen LogP contribution in [0.2, 0.25) is 0 Å². The first kappa shape index (κ1) is 15.0. The van der Waals surface area contributed by atoms with E-state index in [1.54, 1.807) is 0 Å². The van der Waals surface area contributed by atoms with Gasteiger partial charge in [0.15, 0.2) is 0 Å². The molecular weight excluding hydrogens is 278 g/mol. The van der Waals surface area contributed by atoms with Gasteiger partial charge < -0.3 is 5.11 Å². The van der Waals surface area contributed by atoms with Crippen LogP contribution in [0.4, 0.5) is 0 Å². The van der Waals surface area contributed by atoms with E-state index in [1.165, 1.54) is 35.0 Å². The number of carboxylic acids is 1. The molecule has 20 heavy (non-hydrogen) atoms. The standard InChI is InChI=1S/C14H19NO4S/c1-2-15(10-11-4-3-5-11)20(18,19)13-8-6-12(7-9-13)14(16)17/h6-9,11H,2-5,10H2,1H3,(H,16,17). The van der Waals surface area contributed by atoms with Crippen molar-refractivity contribution in [1.29, 1.82) is 0 Å². The Morgan fingerprint density at radius 3 is 2.30 bits per heavy atom. The Labute approximate surface area is 119 Å². The van der Waals surface area contributed by atoms with Crippen molar-refractivity contribution >= 4 is 16.0 Å². The van der Waals surface area contributed by atoms with Crippen LogP contribution >= 0.6 is 0 Å². The van der Waals surface area contributed by atoms with Gasteiger partial charge in [-0.25, -0.2) is 13.2 Å². The predicted molar refractivity (Wildman–Crippen MR) is 75.2 cm³/mol. The molecule has 1 aliphatic rings. The molecule has 0 heterocycles. The van der Waals surface area contributed by atoms with Crippen LogP contribution in [0.3, 0.4) is 0 Å². The van der Waals surface area contributed by atoms with Crippen molar-refractivity contribution in [3.63, 3.8) is 0 Å². The van der Waals surface area contributed by atoms with Crippen molar-refractivity contribution < 1.29 is 18.3 Å². The first-order valence-corrected chi connectivity index (χ1v) is 8.22. The normalized spacial score (nSPS) is 16.1. The van der Waals surface area contributed by atoms with E-state index in [0.29, 0.717) is 19.0 Å². The number of sulfonamides is 1. The molecule has 0 atom stereocenters. The van der Waals surface area contributed by atoms with Crippen LogP contribution in [0.1, 0.15) is 36.5 Å². The highest BCUT2D eigenvalue weighted by Gasteiger charge is 2.28. The van der Waals surface area contributed by atoms with Gasteiger partial charge in [0, 0.05) is 13.1 Å². The van der Waals surface area contributed by atoms with Crippen molar-refractivity contribution in [3.8, 4) is 0 Å².